The first kappa shape index (κ1) is 15.6. The number of carbonyl (C=O) groups excluding carboxylic acids is 1. The summed E-state index contributed by atoms with van der Waals surface area (Å²) in [5.41, 5.74) is 0. The summed E-state index contributed by atoms with van der Waals surface area (Å²) >= 11 is 0. The normalized spacial score (nSPS) is 29.1. The summed E-state index contributed by atoms with van der Waals surface area (Å²) in [4.78, 5) is 12.0. The second kappa shape index (κ2) is 6.78. The van der Waals surface area contributed by atoms with Gasteiger partial charge in [0.05, 0.1) is 5.92 Å². The summed E-state index contributed by atoms with van der Waals surface area (Å²) in [6, 6.07) is -0.724. The van der Waals surface area contributed by atoms with Crippen molar-refractivity contribution in [1.29, 1.82) is 0 Å². The number of rotatable bonds is 3. The minimum Gasteiger partial charge on any atom is -0.353 e. The molecule has 20 heavy (non-hydrogen) atoms. The maximum absolute atomic E-state index is 12.9. The molecule has 1 aliphatic carbocycles. The Labute approximate surface area is 117 Å². The molecule has 0 aromatic heterocycles. The molecule has 2 atom stereocenters. The molecule has 2 fully saturated rings. The van der Waals surface area contributed by atoms with E-state index in [2.05, 4.69) is 10.6 Å². The van der Waals surface area contributed by atoms with Crippen molar-refractivity contribution in [3.8, 4) is 0 Å². The highest BCUT2D eigenvalue weighted by molar-refractivity contribution is 5.76. The van der Waals surface area contributed by atoms with Gasteiger partial charge in [-0.15, -0.1) is 0 Å². The number of alkyl halides is 3. The van der Waals surface area contributed by atoms with E-state index in [4.69, 9.17) is 0 Å². The summed E-state index contributed by atoms with van der Waals surface area (Å²) in [6.07, 6.45) is -0.0168. The lowest BCUT2D eigenvalue weighted by molar-refractivity contribution is -0.189. The zero-order valence-electron chi connectivity index (χ0n) is 11.6. The average molecular weight is 292 g/mol. The van der Waals surface area contributed by atoms with Gasteiger partial charge in [-0.2, -0.15) is 13.2 Å². The Morgan fingerprint density at radius 3 is 2.40 bits per heavy atom. The molecule has 6 heteroatoms. The third-order valence-electron chi connectivity index (χ3n) is 4.47. The molecule has 1 saturated heterocycles. The monoisotopic (exact) mass is 292 g/mol. The topological polar surface area (TPSA) is 41.1 Å². The molecule has 0 radical (unpaired) electrons. The van der Waals surface area contributed by atoms with Crippen LogP contribution in [0.5, 0.6) is 0 Å². The second-order valence-electron chi connectivity index (χ2n) is 6.00. The summed E-state index contributed by atoms with van der Waals surface area (Å²) in [5.74, 6) is -1.27. The van der Waals surface area contributed by atoms with E-state index in [-0.39, 0.29) is 12.3 Å². The van der Waals surface area contributed by atoms with E-state index < -0.39 is 18.1 Å². The Morgan fingerprint density at radius 1 is 1.10 bits per heavy atom. The van der Waals surface area contributed by atoms with Gasteiger partial charge in [-0.3, -0.25) is 4.79 Å². The molecule has 0 aromatic carbocycles. The standard InChI is InChI=1S/C14H23F3N2O/c15-14(16,17)11-3-1-2-4-12(11)19-13(20)9-10-5-7-18-8-6-10/h10-12,18H,1-9H2,(H,19,20)/t11-,12+/m1/s1. The Bertz CT molecular complexity index is 327. The van der Waals surface area contributed by atoms with Crippen molar-refractivity contribution in [3.63, 3.8) is 0 Å². The Morgan fingerprint density at radius 2 is 1.75 bits per heavy atom. The number of hydrogen-bond donors (Lipinski definition) is 2. The zero-order chi connectivity index (χ0) is 14.6. The lowest BCUT2D eigenvalue weighted by Crippen LogP contribution is -2.48. The summed E-state index contributed by atoms with van der Waals surface area (Å²) in [7, 11) is 0. The number of amides is 1. The van der Waals surface area contributed by atoms with Crippen LogP contribution in [0.15, 0.2) is 0 Å². The highest BCUT2D eigenvalue weighted by Gasteiger charge is 2.45. The predicted molar refractivity (Wildman–Crippen MR) is 70.2 cm³/mol. The van der Waals surface area contributed by atoms with Gasteiger partial charge >= 0.3 is 6.18 Å². The van der Waals surface area contributed by atoms with Crippen LogP contribution in [0, 0.1) is 11.8 Å². The molecule has 0 unspecified atom stereocenters. The van der Waals surface area contributed by atoms with E-state index in [0.717, 1.165) is 32.4 Å². The highest BCUT2D eigenvalue weighted by Crippen LogP contribution is 2.37. The van der Waals surface area contributed by atoms with Crippen molar-refractivity contribution in [3.05, 3.63) is 0 Å². The van der Waals surface area contributed by atoms with Crippen molar-refractivity contribution in [1.82, 2.24) is 10.6 Å². The van der Waals surface area contributed by atoms with Crippen LogP contribution < -0.4 is 10.6 Å². The molecule has 2 aliphatic rings. The van der Waals surface area contributed by atoms with Crippen LogP contribution in [0.2, 0.25) is 0 Å². The molecule has 1 aliphatic heterocycles. The van der Waals surface area contributed by atoms with Crippen molar-refractivity contribution < 1.29 is 18.0 Å². The molecule has 2 N–H and O–H groups in total. The van der Waals surface area contributed by atoms with Crippen LogP contribution in [0.1, 0.15) is 44.9 Å². The molecular formula is C14H23F3N2O. The van der Waals surface area contributed by atoms with Crippen LogP contribution in [-0.4, -0.2) is 31.2 Å². The average Bonchev–Trinajstić information content (AvgIpc) is 2.39. The molecule has 0 bridgehead atoms. The molecule has 2 rings (SSSR count). The number of hydrogen-bond acceptors (Lipinski definition) is 2. The van der Waals surface area contributed by atoms with E-state index >= 15 is 0 Å². The molecule has 3 nitrogen and oxygen atoms in total. The Hall–Kier alpha value is -0.780. The molecular weight excluding hydrogens is 269 g/mol. The molecule has 0 aromatic rings. The van der Waals surface area contributed by atoms with Gasteiger partial charge in [-0.25, -0.2) is 0 Å². The first-order chi connectivity index (χ1) is 9.47. The van der Waals surface area contributed by atoms with Crippen molar-refractivity contribution in [2.24, 2.45) is 11.8 Å². The molecule has 1 saturated carbocycles. The van der Waals surface area contributed by atoms with Gasteiger partial charge in [0, 0.05) is 12.5 Å². The minimum absolute atomic E-state index is 0.141. The van der Waals surface area contributed by atoms with E-state index in [1.165, 1.54) is 0 Å². The van der Waals surface area contributed by atoms with Crippen LogP contribution in [-0.2, 0) is 4.79 Å². The first-order valence-corrected chi connectivity index (χ1v) is 7.53. The smallest absolute Gasteiger partial charge is 0.353 e. The van der Waals surface area contributed by atoms with Gasteiger partial charge in [0.2, 0.25) is 5.91 Å². The highest BCUT2D eigenvalue weighted by atomic mass is 19.4. The van der Waals surface area contributed by atoms with E-state index in [1.54, 1.807) is 0 Å². The van der Waals surface area contributed by atoms with Crippen molar-refractivity contribution >= 4 is 5.91 Å². The SMILES string of the molecule is O=C(CC1CCNCC1)N[C@H]1CCCC[C@H]1C(F)(F)F. The van der Waals surface area contributed by atoms with Gasteiger partial charge in [0.15, 0.2) is 0 Å². The van der Waals surface area contributed by atoms with Crippen LogP contribution >= 0.6 is 0 Å². The van der Waals surface area contributed by atoms with Gasteiger partial charge < -0.3 is 10.6 Å². The molecule has 116 valence electrons. The van der Waals surface area contributed by atoms with Crippen LogP contribution in [0.3, 0.4) is 0 Å². The van der Waals surface area contributed by atoms with Crippen molar-refractivity contribution in [2.45, 2.75) is 57.2 Å². The zero-order valence-corrected chi connectivity index (χ0v) is 11.6. The van der Waals surface area contributed by atoms with Gasteiger partial charge in [0.1, 0.15) is 0 Å². The van der Waals surface area contributed by atoms with E-state index in [0.29, 0.717) is 25.2 Å². The van der Waals surface area contributed by atoms with Gasteiger partial charge in [-0.1, -0.05) is 12.8 Å². The Balaban J connectivity index is 1.84. The van der Waals surface area contributed by atoms with E-state index in [1.807, 2.05) is 0 Å². The third kappa shape index (κ3) is 4.36. The Kier molecular flexibility index (Phi) is 5.29. The van der Waals surface area contributed by atoms with Gasteiger partial charge in [0.25, 0.3) is 0 Å². The third-order valence-corrected chi connectivity index (χ3v) is 4.47. The maximum Gasteiger partial charge on any atom is 0.393 e. The van der Waals surface area contributed by atoms with Crippen molar-refractivity contribution in [2.75, 3.05) is 13.1 Å². The summed E-state index contributed by atoms with van der Waals surface area (Å²) in [5, 5.41) is 5.86. The number of halogens is 3. The fourth-order valence-corrected chi connectivity index (χ4v) is 3.31. The molecule has 1 amide bonds. The largest absolute Gasteiger partial charge is 0.393 e. The van der Waals surface area contributed by atoms with Crippen LogP contribution in [0.25, 0.3) is 0 Å². The lowest BCUT2D eigenvalue weighted by Gasteiger charge is -2.34. The first-order valence-electron chi connectivity index (χ1n) is 7.53. The quantitative estimate of drug-likeness (QED) is 0.839. The van der Waals surface area contributed by atoms with Gasteiger partial charge in [-0.05, 0) is 44.7 Å². The number of piperidine rings is 1. The van der Waals surface area contributed by atoms with E-state index in [9.17, 15) is 18.0 Å². The fourth-order valence-electron chi connectivity index (χ4n) is 3.31. The second-order valence-corrected chi connectivity index (χ2v) is 6.00. The summed E-state index contributed by atoms with van der Waals surface area (Å²) < 4.78 is 38.8. The minimum atomic E-state index is -4.20. The number of nitrogens with one attached hydrogen (secondary N) is 2. The molecule has 0 spiro atoms. The fraction of sp³-hybridized carbons (Fsp3) is 0.929. The summed E-state index contributed by atoms with van der Waals surface area (Å²) in [6.45, 7) is 1.79. The molecule has 1 heterocycles. The number of carbonyl (C=O) groups is 1. The predicted octanol–water partition coefficient (Wildman–Crippen LogP) is 2.61. The maximum atomic E-state index is 12.9. The lowest BCUT2D eigenvalue weighted by atomic mass is 9.83. The van der Waals surface area contributed by atoms with Crippen LogP contribution in [0.4, 0.5) is 13.2 Å².